The minimum Gasteiger partial charge on any atom is -0.390 e. The van der Waals surface area contributed by atoms with Crippen LogP contribution in [-0.4, -0.2) is 24.4 Å². The van der Waals surface area contributed by atoms with Gasteiger partial charge in [-0.05, 0) is 6.42 Å². The van der Waals surface area contributed by atoms with Gasteiger partial charge in [0.15, 0.2) is 5.16 Å². The molecule has 0 aliphatic heterocycles. The lowest BCUT2D eigenvalue weighted by atomic mass is 10.3. The highest BCUT2D eigenvalue weighted by atomic mass is 35.5. The van der Waals surface area contributed by atoms with Crippen LogP contribution >= 0.6 is 23.4 Å². The van der Waals surface area contributed by atoms with Gasteiger partial charge in [0.1, 0.15) is 0 Å². The average Bonchev–Trinajstić information content (AvgIpc) is 2.88. The molecule has 7 heteroatoms. The summed E-state index contributed by atoms with van der Waals surface area (Å²) < 4.78 is 3.71. The van der Waals surface area contributed by atoms with Crippen molar-refractivity contribution in [1.82, 2.24) is 19.3 Å². The Morgan fingerprint density at radius 3 is 2.68 bits per heavy atom. The molecule has 2 rings (SSSR count). The Labute approximate surface area is 121 Å². The summed E-state index contributed by atoms with van der Waals surface area (Å²) in [6.07, 6.45) is 2.51. The summed E-state index contributed by atoms with van der Waals surface area (Å²) in [5.74, 6) is 0.706. The predicted molar refractivity (Wildman–Crippen MR) is 76.3 cm³/mol. The van der Waals surface area contributed by atoms with E-state index in [1.807, 2.05) is 30.3 Å². The van der Waals surface area contributed by atoms with Gasteiger partial charge >= 0.3 is 0 Å². The first kappa shape index (κ1) is 14.4. The van der Waals surface area contributed by atoms with Crippen molar-refractivity contribution in [3.05, 3.63) is 28.3 Å². The summed E-state index contributed by atoms with van der Waals surface area (Å²) >= 11 is 7.89. The Hall–Kier alpha value is -0.980. The third-order valence-electron chi connectivity index (χ3n) is 3.04. The standard InChI is InChI=1S/C12H17ClN4OS/c1-4-9-11(13)10(17(3)15-9)7-19-12-14-5-8(6-18)16(12)2/h5,18H,4,6-7H2,1-3H3. The predicted octanol–water partition coefficient (Wildman–Crippen LogP) is 2.15. The number of thioether (sulfide) groups is 1. The Morgan fingerprint density at radius 1 is 1.42 bits per heavy atom. The molecule has 0 amide bonds. The fourth-order valence-corrected chi connectivity index (χ4v) is 3.29. The molecule has 0 aromatic carbocycles. The van der Waals surface area contributed by atoms with Gasteiger partial charge in [0.2, 0.25) is 0 Å². The third-order valence-corrected chi connectivity index (χ3v) is 4.54. The van der Waals surface area contributed by atoms with Crippen molar-refractivity contribution in [3.8, 4) is 0 Å². The van der Waals surface area contributed by atoms with Gasteiger partial charge in [0.05, 0.1) is 34.9 Å². The molecule has 0 atom stereocenters. The fraction of sp³-hybridized carbons (Fsp3) is 0.500. The van der Waals surface area contributed by atoms with E-state index in [2.05, 4.69) is 10.1 Å². The van der Waals surface area contributed by atoms with Crippen molar-refractivity contribution >= 4 is 23.4 Å². The van der Waals surface area contributed by atoms with Crippen LogP contribution < -0.4 is 0 Å². The molecule has 0 aliphatic rings. The van der Waals surface area contributed by atoms with Crippen LogP contribution in [0.15, 0.2) is 11.4 Å². The molecule has 0 saturated heterocycles. The molecule has 0 spiro atoms. The number of nitrogens with zero attached hydrogens (tertiary/aromatic N) is 4. The van der Waals surface area contributed by atoms with Gasteiger partial charge in [-0.3, -0.25) is 4.68 Å². The number of hydrogen-bond acceptors (Lipinski definition) is 4. The van der Waals surface area contributed by atoms with E-state index >= 15 is 0 Å². The first-order valence-electron chi connectivity index (χ1n) is 6.03. The van der Waals surface area contributed by atoms with Crippen LogP contribution in [0.3, 0.4) is 0 Å². The molecule has 0 fully saturated rings. The highest BCUT2D eigenvalue weighted by molar-refractivity contribution is 7.98. The van der Waals surface area contributed by atoms with Crippen LogP contribution in [0.2, 0.25) is 5.02 Å². The van der Waals surface area contributed by atoms with Crippen LogP contribution in [0.4, 0.5) is 0 Å². The maximum Gasteiger partial charge on any atom is 0.168 e. The SMILES string of the molecule is CCc1nn(C)c(CSc2ncc(CO)n2C)c1Cl. The van der Waals surface area contributed by atoms with Gasteiger partial charge in [-0.25, -0.2) is 4.98 Å². The van der Waals surface area contributed by atoms with Crippen molar-refractivity contribution in [2.75, 3.05) is 0 Å². The van der Waals surface area contributed by atoms with Crippen LogP contribution in [0.5, 0.6) is 0 Å². The second-order valence-corrected chi connectivity index (χ2v) is 5.54. The Kier molecular flexibility index (Phi) is 4.54. The quantitative estimate of drug-likeness (QED) is 0.860. The molecule has 2 aromatic heterocycles. The molecule has 2 aromatic rings. The highest BCUT2D eigenvalue weighted by Crippen LogP contribution is 2.28. The van der Waals surface area contributed by atoms with Crippen LogP contribution in [-0.2, 0) is 32.9 Å². The topological polar surface area (TPSA) is 55.9 Å². The van der Waals surface area contributed by atoms with Crippen molar-refractivity contribution in [2.45, 2.75) is 30.9 Å². The number of imidazole rings is 1. The number of rotatable bonds is 5. The van der Waals surface area contributed by atoms with E-state index in [0.29, 0.717) is 5.75 Å². The molecule has 0 unspecified atom stereocenters. The van der Waals surface area contributed by atoms with Crippen molar-refractivity contribution in [1.29, 1.82) is 0 Å². The van der Waals surface area contributed by atoms with E-state index in [1.165, 1.54) is 0 Å². The molecule has 19 heavy (non-hydrogen) atoms. The van der Waals surface area contributed by atoms with Gasteiger partial charge in [-0.15, -0.1) is 0 Å². The zero-order chi connectivity index (χ0) is 14.0. The minimum atomic E-state index is -0.00346. The van der Waals surface area contributed by atoms with Gasteiger partial charge in [0.25, 0.3) is 0 Å². The molecule has 1 N–H and O–H groups in total. The highest BCUT2D eigenvalue weighted by Gasteiger charge is 2.14. The molecule has 104 valence electrons. The first-order chi connectivity index (χ1) is 9.08. The number of aliphatic hydroxyl groups excluding tert-OH is 1. The number of aliphatic hydroxyl groups is 1. The Morgan fingerprint density at radius 2 is 2.16 bits per heavy atom. The zero-order valence-corrected chi connectivity index (χ0v) is 12.8. The van der Waals surface area contributed by atoms with Crippen LogP contribution in [0, 0.1) is 0 Å². The average molecular weight is 301 g/mol. The summed E-state index contributed by atoms with van der Waals surface area (Å²) in [4.78, 5) is 4.28. The third kappa shape index (κ3) is 2.80. The monoisotopic (exact) mass is 300 g/mol. The zero-order valence-electron chi connectivity index (χ0n) is 11.2. The lowest BCUT2D eigenvalue weighted by Crippen LogP contribution is -2.00. The van der Waals surface area contributed by atoms with Crippen LogP contribution in [0.1, 0.15) is 24.0 Å². The second kappa shape index (κ2) is 5.98. The number of aryl methyl sites for hydroxylation is 2. The van der Waals surface area contributed by atoms with Crippen LogP contribution in [0.25, 0.3) is 0 Å². The van der Waals surface area contributed by atoms with Gasteiger partial charge in [-0.2, -0.15) is 5.10 Å². The maximum absolute atomic E-state index is 9.14. The van der Waals surface area contributed by atoms with E-state index in [1.54, 1.807) is 18.0 Å². The van der Waals surface area contributed by atoms with Crippen molar-refractivity contribution in [3.63, 3.8) is 0 Å². The number of aromatic nitrogens is 4. The molecule has 5 nitrogen and oxygen atoms in total. The minimum absolute atomic E-state index is 0.00346. The van der Waals surface area contributed by atoms with E-state index in [-0.39, 0.29) is 6.61 Å². The molecular formula is C12H17ClN4OS. The lowest BCUT2D eigenvalue weighted by Gasteiger charge is -2.04. The fourth-order valence-electron chi connectivity index (χ4n) is 1.82. The first-order valence-corrected chi connectivity index (χ1v) is 7.39. The molecule has 2 heterocycles. The van der Waals surface area contributed by atoms with E-state index in [4.69, 9.17) is 16.7 Å². The smallest absolute Gasteiger partial charge is 0.168 e. The summed E-state index contributed by atoms with van der Waals surface area (Å²) in [5.41, 5.74) is 2.72. The van der Waals surface area contributed by atoms with Gasteiger partial charge in [0, 0.05) is 19.8 Å². The molecule has 0 saturated carbocycles. The molecule has 0 aliphatic carbocycles. The van der Waals surface area contributed by atoms with E-state index in [9.17, 15) is 0 Å². The molecular weight excluding hydrogens is 284 g/mol. The Bertz CT molecular complexity index is 579. The molecule has 0 radical (unpaired) electrons. The normalized spacial score (nSPS) is 11.2. The second-order valence-electron chi connectivity index (χ2n) is 4.22. The number of halogens is 1. The summed E-state index contributed by atoms with van der Waals surface area (Å²) in [7, 11) is 3.79. The van der Waals surface area contributed by atoms with E-state index in [0.717, 1.165) is 33.7 Å². The summed E-state index contributed by atoms with van der Waals surface area (Å²) in [6, 6.07) is 0. The van der Waals surface area contributed by atoms with Crippen molar-refractivity contribution in [2.24, 2.45) is 14.1 Å². The largest absolute Gasteiger partial charge is 0.390 e. The van der Waals surface area contributed by atoms with Gasteiger partial charge in [-0.1, -0.05) is 30.3 Å². The summed E-state index contributed by atoms with van der Waals surface area (Å²) in [5, 5.41) is 15.1. The Balaban J connectivity index is 2.14. The van der Waals surface area contributed by atoms with E-state index < -0.39 is 0 Å². The van der Waals surface area contributed by atoms with Crippen molar-refractivity contribution < 1.29 is 5.11 Å². The maximum atomic E-state index is 9.14. The summed E-state index contributed by atoms with van der Waals surface area (Å²) in [6.45, 7) is 2.04. The molecule has 0 bridgehead atoms. The lowest BCUT2D eigenvalue weighted by molar-refractivity contribution is 0.271. The van der Waals surface area contributed by atoms with Gasteiger partial charge < -0.3 is 9.67 Å². The number of hydrogen-bond donors (Lipinski definition) is 1.